The van der Waals surface area contributed by atoms with Crippen molar-refractivity contribution >= 4 is 29.6 Å². The van der Waals surface area contributed by atoms with Gasteiger partial charge in [-0.3, -0.25) is 24.4 Å². The Morgan fingerprint density at radius 1 is 1.05 bits per heavy atom. The Morgan fingerprint density at radius 2 is 1.52 bits per heavy atom. The van der Waals surface area contributed by atoms with Gasteiger partial charge < -0.3 is 4.84 Å². The monoisotopic (exact) mass is 300 g/mol. The van der Waals surface area contributed by atoms with E-state index < -0.39 is 29.6 Å². The summed E-state index contributed by atoms with van der Waals surface area (Å²) < 4.78 is 0. The fourth-order valence-electron chi connectivity index (χ4n) is 1.75. The lowest BCUT2D eigenvalue weighted by molar-refractivity contribution is -0.196. The van der Waals surface area contributed by atoms with Crippen molar-refractivity contribution in [2.24, 2.45) is 11.8 Å². The number of nitrogens with zero attached hydrogens (tertiary/aromatic N) is 2. The van der Waals surface area contributed by atoms with E-state index in [1.54, 1.807) is 13.8 Å². The molecule has 0 saturated carbocycles. The molecule has 0 aromatic carbocycles. The van der Waals surface area contributed by atoms with E-state index in [2.05, 4.69) is 4.84 Å². The van der Waals surface area contributed by atoms with Crippen LogP contribution in [0, 0.1) is 11.8 Å². The number of rotatable bonds is 1. The van der Waals surface area contributed by atoms with E-state index in [1.807, 2.05) is 0 Å². The van der Waals surface area contributed by atoms with Crippen LogP contribution in [0.1, 0.15) is 33.6 Å². The van der Waals surface area contributed by atoms with E-state index in [0.29, 0.717) is 5.06 Å². The molecule has 2 aliphatic rings. The molecule has 2 rings (SSSR count). The number of hydrogen-bond acceptors (Lipinski definition) is 7. The standard InChI is InChI=1S/C7H9NO4.C5H7NO3/c1-4-3-6(10)8(7(4)11)12-5(2)9;1-3-2-4(7)6(9)5(3)8/h4H,3H2,1-2H3;3,9H,2H2,1H3. The van der Waals surface area contributed by atoms with Crippen molar-refractivity contribution in [1.82, 2.24) is 10.1 Å². The van der Waals surface area contributed by atoms with Crippen LogP contribution in [0.25, 0.3) is 0 Å². The molecule has 2 saturated heterocycles. The maximum absolute atomic E-state index is 11.1. The topological polar surface area (TPSA) is 121 Å². The summed E-state index contributed by atoms with van der Waals surface area (Å²) >= 11 is 0. The van der Waals surface area contributed by atoms with Crippen LogP contribution in [0.15, 0.2) is 0 Å². The van der Waals surface area contributed by atoms with Crippen molar-refractivity contribution in [1.29, 1.82) is 0 Å². The molecule has 0 aromatic heterocycles. The van der Waals surface area contributed by atoms with E-state index >= 15 is 0 Å². The second-order valence-corrected chi connectivity index (χ2v) is 4.86. The number of imide groups is 2. The highest BCUT2D eigenvalue weighted by molar-refractivity contribution is 6.03. The molecule has 21 heavy (non-hydrogen) atoms. The van der Waals surface area contributed by atoms with Crippen LogP contribution in [0.4, 0.5) is 0 Å². The fraction of sp³-hybridized carbons (Fsp3) is 0.583. The maximum atomic E-state index is 11.1. The highest BCUT2D eigenvalue weighted by Gasteiger charge is 2.38. The third kappa shape index (κ3) is 3.85. The highest BCUT2D eigenvalue weighted by Crippen LogP contribution is 2.18. The Bertz CT molecular complexity index is 502. The second-order valence-electron chi connectivity index (χ2n) is 4.86. The van der Waals surface area contributed by atoms with Crippen LogP contribution in [-0.4, -0.2) is 44.9 Å². The molecule has 0 bridgehead atoms. The Hall–Kier alpha value is -2.29. The van der Waals surface area contributed by atoms with Gasteiger partial charge in [-0.05, 0) is 0 Å². The predicted molar refractivity (Wildman–Crippen MR) is 64.8 cm³/mol. The van der Waals surface area contributed by atoms with E-state index in [9.17, 15) is 24.0 Å². The molecule has 2 aliphatic heterocycles. The van der Waals surface area contributed by atoms with Gasteiger partial charge in [0.2, 0.25) is 0 Å². The van der Waals surface area contributed by atoms with Crippen molar-refractivity contribution in [3.63, 3.8) is 0 Å². The Kier molecular flexibility index (Phi) is 5.14. The van der Waals surface area contributed by atoms with Crippen molar-refractivity contribution in [2.75, 3.05) is 0 Å². The second kappa shape index (κ2) is 6.44. The minimum absolute atomic E-state index is 0.117. The van der Waals surface area contributed by atoms with Gasteiger partial charge in [0.1, 0.15) is 0 Å². The molecule has 4 amide bonds. The molecule has 0 aromatic rings. The van der Waals surface area contributed by atoms with Crippen molar-refractivity contribution in [2.45, 2.75) is 33.6 Å². The summed E-state index contributed by atoms with van der Waals surface area (Å²) in [7, 11) is 0. The number of hydrogen-bond donors (Lipinski definition) is 1. The number of carbonyl (C=O) groups excluding carboxylic acids is 5. The lowest BCUT2D eigenvalue weighted by atomic mass is 10.1. The predicted octanol–water partition coefficient (Wildman–Crippen LogP) is -0.370. The quantitative estimate of drug-likeness (QED) is 0.518. The SMILES string of the molecule is CC(=O)ON1C(=O)CC(C)C1=O.CC1CC(=O)N(O)C1=O. The average molecular weight is 300 g/mol. The summed E-state index contributed by atoms with van der Waals surface area (Å²) in [6.45, 7) is 4.36. The highest BCUT2D eigenvalue weighted by atomic mass is 16.7. The summed E-state index contributed by atoms with van der Waals surface area (Å²) in [4.78, 5) is 57.9. The number of amides is 4. The van der Waals surface area contributed by atoms with Crippen LogP contribution in [0.2, 0.25) is 0 Å². The first-order valence-corrected chi connectivity index (χ1v) is 6.26. The van der Waals surface area contributed by atoms with Gasteiger partial charge in [0.05, 0.1) is 0 Å². The van der Waals surface area contributed by atoms with Crippen LogP contribution in [0.5, 0.6) is 0 Å². The molecule has 2 heterocycles. The van der Waals surface area contributed by atoms with Gasteiger partial charge in [-0.15, -0.1) is 5.06 Å². The zero-order valence-electron chi connectivity index (χ0n) is 11.9. The summed E-state index contributed by atoms with van der Waals surface area (Å²) in [6.07, 6.45) is 0.251. The van der Waals surface area contributed by atoms with Gasteiger partial charge in [-0.1, -0.05) is 13.8 Å². The van der Waals surface area contributed by atoms with Gasteiger partial charge in [0, 0.05) is 31.6 Å². The number of carbonyl (C=O) groups is 5. The Labute approximate surface area is 120 Å². The molecule has 2 atom stereocenters. The molecule has 9 nitrogen and oxygen atoms in total. The Balaban J connectivity index is 0.000000219. The molecular formula is C12H16N2O7. The van der Waals surface area contributed by atoms with E-state index in [-0.39, 0.29) is 29.7 Å². The molecular weight excluding hydrogens is 284 g/mol. The minimum atomic E-state index is -0.661. The van der Waals surface area contributed by atoms with Gasteiger partial charge in [0.15, 0.2) is 0 Å². The smallest absolute Gasteiger partial charge is 0.330 e. The maximum Gasteiger partial charge on any atom is 0.330 e. The molecule has 2 unspecified atom stereocenters. The van der Waals surface area contributed by atoms with Crippen LogP contribution in [0.3, 0.4) is 0 Å². The molecule has 2 fully saturated rings. The van der Waals surface area contributed by atoms with Crippen LogP contribution in [-0.2, 0) is 28.8 Å². The summed E-state index contributed by atoms with van der Waals surface area (Å²) in [6, 6.07) is 0. The van der Waals surface area contributed by atoms with Crippen molar-refractivity contribution < 1.29 is 34.0 Å². The molecule has 9 heteroatoms. The zero-order chi connectivity index (χ0) is 16.3. The largest absolute Gasteiger partial charge is 0.331 e. The average Bonchev–Trinajstić information content (AvgIpc) is 2.75. The zero-order valence-corrected chi connectivity index (χ0v) is 11.9. The first-order chi connectivity index (χ1) is 9.65. The normalized spacial score (nSPS) is 25.1. The minimum Gasteiger partial charge on any atom is -0.331 e. The van der Waals surface area contributed by atoms with E-state index in [1.165, 1.54) is 0 Å². The van der Waals surface area contributed by atoms with Gasteiger partial charge in [0.25, 0.3) is 23.6 Å². The molecule has 0 aliphatic carbocycles. The van der Waals surface area contributed by atoms with Crippen LogP contribution >= 0.6 is 0 Å². The lowest BCUT2D eigenvalue weighted by Gasteiger charge is -2.10. The third-order valence-electron chi connectivity index (χ3n) is 2.90. The summed E-state index contributed by atoms with van der Waals surface area (Å²) in [5.74, 6) is -3.30. The van der Waals surface area contributed by atoms with Crippen LogP contribution < -0.4 is 0 Å². The molecule has 116 valence electrons. The molecule has 1 N–H and O–H groups in total. The van der Waals surface area contributed by atoms with Crippen molar-refractivity contribution in [3.8, 4) is 0 Å². The first kappa shape index (κ1) is 16.8. The summed E-state index contributed by atoms with van der Waals surface area (Å²) in [5.41, 5.74) is 0. The summed E-state index contributed by atoms with van der Waals surface area (Å²) in [5, 5.41) is 9.29. The Morgan fingerprint density at radius 3 is 1.76 bits per heavy atom. The van der Waals surface area contributed by atoms with Gasteiger partial charge >= 0.3 is 5.97 Å². The van der Waals surface area contributed by atoms with E-state index in [0.717, 1.165) is 6.92 Å². The third-order valence-corrected chi connectivity index (χ3v) is 2.90. The lowest BCUT2D eigenvalue weighted by Crippen LogP contribution is -2.32. The molecule has 0 radical (unpaired) electrons. The first-order valence-electron chi connectivity index (χ1n) is 6.26. The van der Waals surface area contributed by atoms with Gasteiger partial charge in [-0.25, -0.2) is 4.79 Å². The molecule has 0 spiro atoms. The van der Waals surface area contributed by atoms with Gasteiger partial charge in [-0.2, -0.15) is 5.06 Å². The van der Waals surface area contributed by atoms with Crippen molar-refractivity contribution in [3.05, 3.63) is 0 Å². The number of hydroxylamine groups is 4. The van der Waals surface area contributed by atoms with E-state index in [4.69, 9.17) is 5.21 Å². The fourth-order valence-corrected chi connectivity index (χ4v) is 1.75.